The van der Waals surface area contributed by atoms with Crippen molar-refractivity contribution in [2.24, 2.45) is 0 Å². The molecule has 31 heavy (non-hydrogen) atoms. The van der Waals surface area contributed by atoms with Crippen molar-refractivity contribution in [3.05, 3.63) is 52.3 Å². The van der Waals surface area contributed by atoms with Gasteiger partial charge in [-0.25, -0.2) is 0 Å². The molecule has 2 fully saturated rings. The van der Waals surface area contributed by atoms with Gasteiger partial charge in [0.25, 0.3) is 11.8 Å². The fraction of sp³-hybridized carbons (Fsp3) is 0.440. The number of aromatic nitrogens is 1. The third kappa shape index (κ3) is 3.59. The monoisotopic (exact) mass is 418 g/mol. The first-order chi connectivity index (χ1) is 15.0. The quantitative estimate of drug-likeness (QED) is 0.742. The van der Waals surface area contributed by atoms with E-state index in [0.29, 0.717) is 11.6 Å². The lowest BCUT2D eigenvalue weighted by molar-refractivity contribution is -0.110. The summed E-state index contributed by atoms with van der Waals surface area (Å²) in [5, 5.41) is 2.92. The molecule has 2 N–H and O–H groups in total. The number of aryl methyl sites for hydroxylation is 1. The highest BCUT2D eigenvalue weighted by Gasteiger charge is 2.33. The van der Waals surface area contributed by atoms with E-state index in [0.717, 1.165) is 72.8 Å². The summed E-state index contributed by atoms with van der Waals surface area (Å²) >= 11 is 0. The van der Waals surface area contributed by atoms with E-state index < -0.39 is 0 Å². The SMILES string of the molecule is Cc1[nH]c(C=C2C(=O)Nc3ccccc32)c(C)c1C(=O)N1CCC[C@@H]1CN1CCCC1. The molecule has 0 aliphatic carbocycles. The molecule has 6 nitrogen and oxygen atoms in total. The Bertz CT molecular complexity index is 1060. The Morgan fingerprint density at radius 1 is 1.13 bits per heavy atom. The number of para-hydroxylation sites is 1. The fourth-order valence-electron chi connectivity index (χ4n) is 5.37. The molecule has 2 saturated heterocycles. The number of nitrogens with zero attached hydrogens (tertiary/aromatic N) is 2. The van der Waals surface area contributed by atoms with E-state index in [1.165, 1.54) is 12.8 Å². The number of hydrogen-bond donors (Lipinski definition) is 2. The topological polar surface area (TPSA) is 68.4 Å². The third-order valence-electron chi connectivity index (χ3n) is 6.99. The maximum absolute atomic E-state index is 13.6. The van der Waals surface area contributed by atoms with Gasteiger partial charge in [0, 0.05) is 41.8 Å². The van der Waals surface area contributed by atoms with Crippen LogP contribution in [0.1, 0.15) is 58.6 Å². The van der Waals surface area contributed by atoms with Crippen LogP contribution in [0, 0.1) is 13.8 Å². The van der Waals surface area contributed by atoms with Crippen molar-refractivity contribution in [1.82, 2.24) is 14.8 Å². The maximum atomic E-state index is 13.6. The molecule has 1 atom stereocenters. The lowest BCUT2D eigenvalue weighted by atomic mass is 10.0. The van der Waals surface area contributed by atoms with Gasteiger partial charge in [0.05, 0.1) is 11.1 Å². The number of H-pyrrole nitrogens is 1. The Morgan fingerprint density at radius 2 is 1.90 bits per heavy atom. The van der Waals surface area contributed by atoms with Gasteiger partial charge in [-0.2, -0.15) is 0 Å². The first kappa shape index (κ1) is 20.1. The van der Waals surface area contributed by atoms with E-state index in [9.17, 15) is 9.59 Å². The van der Waals surface area contributed by atoms with E-state index in [4.69, 9.17) is 0 Å². The molecule has 0 saturated carbocycles. The normalized spacial score (nSPS) is 22.4. The molecule has 2 amide bonds. The van der Waals surface area contributed by atoms with Gasteiger partial charge in [0.1, 0.15) is 0 Å². The number of nitrogens with one attached hydrogen (secondary N) is 2. The van der Waals surface area contributed by atoms with E-state index >= 15 is 0 Å². The summed E-state index contributed by atoms with van der Waals surface area (Å²) in [6.45, 7) is 8.06. The van der Waals surface area contributed by atoms with Crippen LogP contribution < -0.4 is 5.32 Å². The highest BCUT2D eigenvalue weighted by molar-refractivity contribution is 6.34. The molecule has 0 bridgehead atoms. The number of anilines is 1. The number of fused-ring (bicyclic) bond motifs is 1. The van der Waals surface area contributed by atoms with Crippen molar-refractivity contribution in [3.8, 4) is 0 Å². The predicted molar refractivity (Wildman–Crippen MR) is 123 cm³/mol. The summed E-state index contributed by atoms with van der Waals surface area (Å²) in [6.07, 6.45) is 6.57. The Labute approximate surface area is 183 Å². The molecule has 4 heterocycles. The van der Waals surface area contributed by atoms with Gasteiger partial charge in [-0.3, -0.25) is 9.59 Å². The zero-order chi connectivity index (χ0) is 21.5. The van der Waals surface area contributed by atoms with Crippen LogP contribution in [0.3, 0.4) is 0 Å². The second kappa shape index (κ2) is 8.00. The average molecular weight is 419 g/mol. The number of carbonyl (C=O) groups excluding carboxylic acids is 2. The van der Waals surface area contributed by atoms with Crippen molar-refractivity contribution in [3.63, 3.8) is 0 Å². The summed E-state index contributed by atoms with van der Waals surface area (Å²) in [5.74, 6) is 0.0137. The lowest BCUT2D eigenvalue weighted by Gasteiger charge is -2.28. The summed E-state index contributed by atoms with van der Waals surface area (Å²) in [6, 6.07) is 8.00. The molecule has 5 rings (SSSR count). The number of carbonyl (C=O) groups is 2. The molecule has 1 aromatic carbocycles. The van der Waals surface area contributed by atoms with Crippen molar-refractivity contribution >= 4 is 29.2 Å². The maximum Gasteiger partial charge on any atom is 0.256 e. The van der Waals surface area contributed by atoms with E-state index in [-0.39, 0.29) is 11.8 Å². The lowest BCUT2D eigenvalue weighted by Crippen LogP contribution is -2.42. The van der Waals surface area contributed by atoms with Crippen LogP contribution in [-0.2, 0) is 4.79 Å². The number of benzene rings is 1. The van der Waals surface area contributed by atoms with Crippen LogP contribution in [-0.4, -0.2) is 58.8 Å². The van der Waals surface area contributed by atoms with Crippen LogP contribution in [0.4, 0.5) is 5.69 Å². The predicted octanol–water partition coefficient (Wildman–Crippen LogP) is 3.82. The Balaban J connectivity index is 1.42. The van der Waals surface area contributed by atoms with Crippen molar-refractivity contribution in [2.45, 2.75) is 45.6 Å². The minimum Gasteiger partial charge on any atom is -0.358 e. The molecule has 0 spiro atoms. The summed E-state index contributed by atoms with van der Waals surface area (Å²) in [4.78, 5) is 34.0. The van der Waals surface area contributed by atoms with Crippen LogP contribution in [0.2, 0.25) is 0 Å². The van der Waals surface area contributed by atoms with Crippen LogP contribution in [0.25, 0.3) is 11.6 Å². The third-order valence-corrected chi connectivity index (χ3v) is 6.99. The highest BCUT2D eigenvalue weighted by Crippen LogP contribution is 2.34. The molecule has 3 aliphatic rings. The molecule has 162 valence electrons. The molecular formula is C25H30N4O2. The molecule has 3 aliphatic heterocycles. The molecule has 1 aromatic heterocycles. The zero-order valence-corrected chi connectivity index (χ0v) is 18.3. The van der Waals surface area contributed by atoms with Gasteiger partial charge in [-0.05, 0) is 70.3 Å². The number of aromatic amines is 1. The van der Waals surface area contributed by atoms with Gasteiger partial charge in [-0.1, -0.05) is 18.2 Å². The van der Waals surface area contributed by atoms with Crippen molar-refractivity contribution in [1.29, 1.82) is 0 Å². The second-order valence-electron chi connectivity index (χ2n) is 9.02. The largest absolute Gasteiger partial charge is 0.358 e. The van der Waals surface area contributed by atoms with Crippen LogP contribution >= 0.6 is 0 Å². The first-order valence-corrected chi connectivity index (χ1v) is 11.4. The minimum absolute atomic E-state index is 0.106. The number of likely N-dealkylation sites (tertiary alicyclic amines) is 2. The van der Waals surface area contributed by atoms with Gasteiger partial charge < -0.3 is 20.1 Å². The van der Waals surface area contributed by atoms with Crippen molar-refractivity contribution in [2.75, 3.05) is 31.5 Å². The molecule has 0 unspecified atom stereocenters. The minimum atomic E-state index is -0.106. The number of rotatable bonds is 4. The van der Waals surface area contributed by atoms with Gasteiger partial charge in [0.2, 0.25) is 0 Å². The first-order valence-electron chi connectivity index (χ1n) is 11.4. The molecule has 0 radical (unpaired) electrons. The van der Waals surface area contributed by atoms with Gasteiger partial charge in [0.15, 0.2) is 0 Å². The number of amides is 2. The van der Waals surface area contributed by atoms with E-state index in [1.54, 1.807) is 0 Å². The van der Waals surface area contributed by atoms with Gasteiger partial charge in [-0.15, -0.1) is 0 Å². The van der Waals surface area contributed by atoms with Crippen LogP contribution in [0.5, 0.6) is 0 Å². The zero-order valence-electron chi connectivity index (χ0n) is 18.3. The summed E-state index contributed by atoms with van der Waals surface area (Å²) < 4.78 is 0. The standard InChI is InChI=1S/C25H30N4O2/c1-16-22(14-20-19-9-3-4-10-21(19)27-24(20)30)26-17(2)23(16)25(31)29-13-7-8-18(29)15-28-11-5-6-12-28/h3-4,9-10,14,18,26H,5-8,11-13,15H2,1-2H3,(H,27,30)/t18-/m1/s1. The number of hydrogen-bond acceptors (Lipinski definition) is 3. The second-order valence-corrected chi connectivity index (χ2v) is 9.02. The van der Waals surface area contributed by atoms with Gasteiger partial charge >= 0.3 is 0 Å². The Morgan fingerprint density at radius 3 is 2.71 bits per heavy atom. The highest BCUT2D eigenvalue weighted by atomic mass is 16.2. The molecule has 6 heteroatoms. The van der Waals surface area contributed by atoms with E-state index in [1.807, 2.05) is 44.2 Å². The Kier molecular flexibility index (Phi) is 5.18. The molecular weight excluding hydrogens is 388 g/mol. The smallest absolute Gasteiger partial charge is 0.256 e. The Hall–Kier alpha value is -2.86. The van der Waals surface area contributed by atoms with E-state index in [2.05, 4.69) is 20.1 Å². The van der Waals surface area contributed by atoms with Crippen molar-refractivity contribution < 1.29 is 9.59 Å². The summed E-state index contributed by atoms with van der Waals surface area (Å²) in [7, 11) is 0. The molecule has 2 aromatic rings. The fourth-order valence-corrected chi connectivity index (χ4v) is 5.37. The average Bonchev–Trinajstić information content (AvgIpc) is 3.52. The summed E-state index contributed by atoms with van der Waals surface area (Å²) in [5.41, 5.74) is 5.74. The van der Waals surface area contributed by atoms with Crippen LogP contribution in [0.15, 0.2) is 24.3 Å².